The maximum absolute atomic E-state index is 11.9. The molecular weight excluding hydrogens is 300 g/mol. The van der Waals surface area contributed by atoms with E-state index in [-0.39, 0.29) is 12.0 Å². The molecule has 0 radical (unpaired) electrons. The zero-order valence-corrected chi connectivity index (χ0v) is 12.9. The molecule has 6 heteroatoms. The van der Waals surface area contributed by atoms with Crippen LogP contribution in [0.5, 0.6) is 5.75 Å². The van der Waals surface area contributed by atoms with E-state index in [1.165, 1.54) is 11.3 Å². The Kier molecular flexibility index (Phi) is 4.70. The Bertz CT molecular complexity index is 613. The molecule has 5 nitrogen and oxygen atoms in total. The van der Waals surface area contributed by atoms with Gasteiger partial charge in [0.15, 0.2) is 0 Å². The largest absolute Gasteiger partial charge is 0.488 e. The van der Waals surface area contributed by atoms with Crippen molar-refractivity contribution in [3.63, 3.8) is 0 Å². The van der Waals surface area contributed by atoms with Gasteiger partial charge in [0.25, 0.3) is 5.91 Å². The molecular formula is C16H18N2O3S. The van der Waals surface area contributed by atoms with E-state index in [0.29, 0.717) is 17.1 Å². The Hall–Kier alpha value is -1.92. The lowest BCUT2D eigenvalue weighted by atomic mass is 9.95. The molecule has 2 atom stereocenters. The molecule has 1 saturated carbocycles. The molecule has 2 aromatic rings. The SMILES string of the molecule is O=C(Nc1ccc(O[C@@H]2CCCC[C@H]2O)cc1)c1cscn1. The number of amides is 1. The lowest BCUT2D eigenvalue weighted by Crippen LogP contribution is -2.34. The smallest absolute Gasteiger partial charge is 0.275 e. The molecule has 0 saturated heterocycles. The van der Waals surface area contributed by atoms with E-state index in [1.807, 2.05) is 0 Å². The molecule has 1 fully saturated rings. The highest BCUT2D eigenvalue weighted by Crippen LogP contribution is 2.25. The number of ether oxygens (including phenoxy) is 1. The number of aliphatic hydroxyl groups is 1. The van der Waals surface area contributed by atoms with E-state index in [0.717, 1.165) is 25.7 Å². The Labute approximate surface area is 133 Å². The molecule has 3 rings (SSSR count). The predicted molar refractivity (Wildman–Crippen MR) is 85.4 cm³/mol. The van der Waals surface area contributed by atoms with E-state index in [4.69, 9.17) is 4.74 Å². The second kappa shape index (κ2) is 6.89. The highest BCUT2D eigenvalue weighted by Gasteiger charge is 2.24. The van der Waals surface area contributed by atoms with Crippen LogP contribution in [-0.2, 0) is 0 Å². The number of anilines is 1. The highest BCUT2D eigenvalue weighted by molar-refractivity contribution is 7.07. The standard InChI is InChI=1S/C16H18N2O3S/c19-14-3-1-2-4-15(14)21-12-7-5-11(6-8-12)18-16(20)13-9-22-10-17-13/h5-10,14-15,19H,1-4H2,(H,18,20)/t14-,15-/m1/s1. The molecule has 0 spiro atoms. The predicted octanol–water partition coefficient (Wildman–Crippen LogP) is 3.08. The number of aromatic nitrogens is 1. The Morgan fingerprint density at radius 3 is 2.73 bits per heavy atom. The van der Waals surface area contributed by atoms with Crippen LogP contribution in [0, 0.1) is 0 Å². The van der Waals surface area contributed by atoms with Crippen LogP contribution >= 0.6 is 11.3 Å². The van der Waals surface area contributed by atoms with Crippen molar-refractivity contribution >= 4 is 22.9 Å². The number of nitrogens with one attached hydrogen (secondary N) is 1. The highest BCUT2D eigenvalue weighted by atomic mass is 32.1. The molecule has 1 aromatic carbocycles. The van der Waals surface area contributed by atoms with Crippen LogP contribution in [0.1, 0.15) is 36.2 Å². The van der Waals surface area contributed by atoms with Gasteiger partial charge < -0.3 is 15.2 Å². The summed E-state index contributed by atoms with van der Waals surface area (Å²) >= 11 is 1.38. The summed E-state index contributed by atoms with van der Waals surface area (Å²) in [7, 11) is 0. The summed E-state index contributed by atoms with van der Waals surface area (Å²) in [4.78, 5) is 15.9. The summed E-state index contributed by atoms with van der Waals surface area (Å²) in [5.74, 6) is 0.482. The van der Waals surface area contributed by atoms with E-state index < -0.39 is 6.10 Å². The van der Waals surface area contributed by atoms with Crippen LogP contribution in [-0.4, -0.2) is 28.2 Å². The minimum Gasteiger partial charge on any atom is -0.488 e. The van der Waals surface area contributed by atoms with Gasteiger partial charge in [-0.3, -0.25) is 4.79 Å². The van der Waals surface area contributed by atoms with Crippen molar-refractivity contribution in [2.24, 2.45) is 0 Å². The van der Waals surface area contributed by atoms with Crippen LogP contribution in [0.25, 0.3) is 0 Å². The number of thiazole rings is 1. The number of nitrogens with zero attached hydrogens (tertiary/aromatic N) is 1. The third-order valence-corrected chi connectivity index (χ3v) is 4.32. The zero-order chi connectivity index (χ0) is 15.4. The summed E-state index contributed by atoms with van der Waals surface area (Å²) in [5, 5.41) is 14.4. The molecule has 116 valence electrons. The van der Waals surface area contributed by atoms with Crippen LogP contribution in [0.4, 0.5) is 5.69 Å². The molecule has 1 heterocycles. The summed E-state index contributed by atoms with van der Waals surface area (Å²) in [6, 6.07) is 7.18. The fourth-order valence-electron chi connectivity index (χ4n) is 2.53. The molecule has 22 heavy (non-hydrogen) atoms. The van der Waals surface area contributed by atoms with Gasteiger partial charge in [0.1, 0.15) is 17.5 Å². The van der Waals surface area contributed by atoms with Gasteiger partial charge in [-0.15, -0.1) is 11.3 Å². The van der Waals surface area contributed by atoms with Crippen molar-refractivity contribution in [1.29, 1.82) is 0 Å². The minimum absolute atomic E-state index is 0.135. The second-order valence-electron chi connectivity index (χ2n) is 5.36. The fraction of sp³-hybridized carbons (Fsp3) is 0.375. The Morgan fingerprint density at radius 2 is 2.05 bits per heavy atom. The average Bonchev–Trinajstić information content (AvgIpc) is 3.06. The van der Waals surface area contributed by atoms with E-state index in [9.17, 15) is 9.90 Å². The quantitative estimate of drug-likeness (QED) is 0.909. The van der Waals surface area contributed by atoms with Crippen LogP contribution in [0.3, 0.4) is 0 Å². The summed E-state index contributed by atoms with van der Waals surface area (Å²) < 4.78 is 5.83. The van der Waals surface area contributed by atoms with Crippen LogP contribution in [0.15, 0.2) is 35.2 Å². The van der Waals surface area contributed by atoms with Gasteiger partial charge in [-0.05, 0) is 43.5 Å². The monoisotopic (exact) mass is 318 g/mol. The van der Waals surface area contributed by atoms with Crippen molar-refractivity contribution < 1.29 is 14.6 Å². The molecule has 1 aliphatic carbocycles. The summed E-state index contributed by atoms with van der Waals surface area (Å²) in [6.45, 7) is 0. The third-order valence-electron chi connectivity index (χ3n) is 3.73. The number of hydrogen-bond acceptors (Lipinski definition) is 5. The Balaban J connectivity index is 1.59. The zero-order valence-electron chi connectivity index (χ0n) is 12.1. The first-order chi connectivity index (χ1) is 10.7. The van der Waals surface area contributed by atoms with Gasteiger partial charge >= 0.3 is 0 Å². The van der Waals surface area contributed by atoms with E-state index in [1.54, 1.807) is 35.2 Å². The maximum atomic E-state index is 11.9. The van der Waals surface area contributed by atoms with Crippen molar-refractivity contribution in [1.82, 2.24) is 4.98 Å². The molecule has 0 aliphatic heterocycles. The average molecular weight is 318 g/mol. The van der Waals surface area contributed by atoms with Gasteiger partial charge in [0.05, 0.1) is 11.6 Å². The van der Waals surface area contributed by atoms with Crippen molar-refractivity contribution in [3.8, 4) is 5.75 Å². The Morgan fingerprint density at radius 1 is 1.27 bits per heavy atom. The van der Waals surface area contributed by atoms with Gasteiger partial charge in [-0.2, -0.15) is 0 Å². The molecule has 1 amide bonds. The third kappa shape index (κ3) is 3.64. The number of aliphatic hydroxyl groups excluding tert-OH is 1. The van der Waals surface area contributed by atoms with Crippen molar-refractivity contribution in [2.45, 2.75) is 37.9 Å². The molecule has 0 bridgehead atoms. The molecule has 1 aliphatic rings. The van der Waals surface area contributed by atoms with Gasteiger partial charge in [0.2, 0.25) is 0 Å². The molecule has 0 unspecified atom stereocenters. The summed E-state index contributed by atoms with van der Waals surface area (Å²) in [6.07, 6.45) is 3.30. The lowest BCUT2D eigenvalue weighted by molar-refractivity contribution is 0.00688. The van der Waals surface area contributed by atoms with Crippen molar-refractivity contribution in [2.75, 3.05) is 5.32 Å². The van der Waals surface area contributed by atoms with Gasteiger partial charge in [-0.25, -0.2) is 4.98 Å². The number of carbonyl (C=O) groups is 1. The number of carbonyl (C=O) groups excluding carboxylic acids is 1. The first-order valence-corrected chi connectivity index (χ1v) is 8.31. The van der Waals surface area contributed by atoms with Crippen LogP contribution < -0.4 is 10.1 Å². The van der Waals surface area contributed by atoms with Gasteiger partial charge in [-0.1, -0.05) is 6.42 Å². The van der Waals surface area contributed by atoms with E-state index in [2.05, 4.69) is 10.3 Å². The van der Waals surface area contributed by atoms with E-state index >= 15 is 0 Å². The first kappa shape index (κ1) is 15.0. The first-order valence-electron chi connectivity index (χ1n) is 7.37. The minimum atomic E-state index is -0.391. The molecule has 1 aromatic heterocycles. The van der Waals surface area contributed by atoms with Crippen molar-refractivity contribution in [3.05, 3.63) is 40.8 Å². The lowest BCUT2D eigenvalue weighted by Gasteiger charge is -2.28. The second-order valence-corrected chi connectivity index (χ2v) is 6.08. The molecule has 2 N–H and O–H groups in total. The number of hydrogen-bond donors (Lipinski definition) is 2. The van der Waals surface area contributed by atoms with Crippen LogP contribution in [0.2, 0.25) is 0 Å². The normalized spacial score (nSPS) is 21.3. The number of rotatable bonds is 4. The topological polar surface area (TPSA) is 71.5 Å². The maximum Gasteiger partial charge on any atom is 0.275 e. The number of benzene rings is 1. The summed E-state index contributed by atoms with van der Waals surface area (Å²) in [5.41, 5.74) is 2.73. The van der Waals surface area contributed by atoms with Gasteiger partial charge in [0, 0.05) is 11.1 Å². The fourth-order valence-corrected chi connectivity index (χ4v) is 3.06.